The van der Waals surface area contributed by atoms with Crippen LogP contribution in [0.3, 0.4) is 0 Å². The van der Waals surface area contributed by atoms with Gasteiger partial charge < -0.3 is 10.0 Å². The van der Waals surface area contributed by atoms with Crippen LogP contribution in [0.2, 0.25) is 0 Å². The summed E-state index contributed by atoms with van der Waals surface area (Å²) in [4.78, 5) is 22.0. The second-order valence-electron chi connectivity index (χ2n) is 4.87. The average molecular weight is 281 g/mol. The number of hydrogen-bond acceptors (Lipinski definition) is 5. The van der Waals surface area contributed by atoms with Gasteiger partial charge in [-0.1, -0.05) is 13.8 Å². The minimum absolute atomic E-state index is 0.130. The van der Waals surface area contributed by atoms with Gasteiger partial charge in [0.1, 0.15) is 5.82 Å². The van der Waals surface area contributed by atoms with E-state index in [1.54, 1.807) is 6.20 Å². The minimum Gasteiger partial charge on any atom is -0.476 e. The largest absolute Gasteiger partial charge is 0.476 e. The highest BCUT2D eigenvalue weighted by Gasteiger charge is 2.21. The number of rotatable bonds is 3. The van der Waals surface area contributed by atoms with Crippen molar-refractivity contribution in [2.45, 2.75) is 26.2 Å². The van der Waals surface area contributed by atoms with Gasteiger partial charge in [-0.25, -0.2) is 14.8 Å². The molecule has 0 saturated carbocycles. The number of anilines is 1. The first-order chi connectivity index (χ1) is 9.09. The first-order valence-corrected chi connectivity index (χ1v) is 7.68. The van der Waals surface area contributed by atoms with Crippen LogP contribution in [-0.2, 0) is 0 Å². The molecule has 0 aliphatic carbocycles. The van der Waals surface area contributed by atoms with Crippen molar-refractivity contribution >= 4 is 23.4 Å². The van der Waals surface area contributed by atoms with Crippen molar-refractivity contribution in [3.8, 4) is 0 Å². The predicted octanol–water partition coefficient (Wildman–Crippen LogP) is 2.24. The Bertz CT molecular complexity index is 457. The van der Waals surface area contributed by atoms with Crippen molar-refractivity contribution in [3.05, 3.63) is 17.7 Å². The highest BCUT2D eigenvalue weighted by molar-refractivity contribution is 7.99. The molecule has 104 valence electrons. The second kappa shape index (κ2) is 6.23. The molecular weight excluding hydrogens is 262 g/mol. The summed E-state index contributed by atoms with van der Waals surface area (Å²) in [7, 11) is 0. The summed E-state index contributed by atoms with van der Waals surface area (Å²) >= 11 is 1.91. The van der Waals surface area contributed by atoms with Crippen molar-refractivity contribution in [1.29, 1.82) is 0 Å². The molecule has 0 atom stereocenters. The van der Waals surface area contributed by atoms with E-state index in [0.717, 1.165) is 31.0 Å². The number of carbonyl (C=O) groups is 1. The summed E-state index contributed by atoms with van der Waals surface area (Å²) in [5.41, 5.74) is 0.782. The Morgan fingerprint density at radius 2 is 2.21 bits per heavy atom. The third-order valence-corrected chi connectivity index (χ3v) is 4.12. The fourth-order valence-electron chi connectivity index (χ4n) is 2.04. The number of aromatic nitrogens is 2. The molecule has 1 N–H and O–H groups in total. The maximum absolute atomic E-state index is 11.4. The third kappa shape index (κ3) is 3.37. The van der Waals surface area contributed by atoms with E-state index in [1.807, 2.05) is 25.6 Å². The van der Waals surface area contributed by atoms with Crippen LogP contribution in [0.5, 0.6) is 0 Å². The first kappa shape index (κ1) is 14.1. The molecule has 6 heteroatoms. The number of carboxylic acid groups (broad SMARTS) is 1. The van der Waals surface area contributed by atoms with Gasteiger partial charge in [0.2, 0.25) is 0 Å². The summed E-state index contributed by atoms with van der Waals surface area (Å²) in [6.07, 6.45) is 2.73. The molecule has 0 spiro atoms. The zero-order valence-electron chi connectivity index (χ0n) is 11.3. The monoisotopic (exact) mass is 281 g/mol. The fourth-order valence-corrected chi connectivity index (χ4v) is 2.93. The van der Waals surface area contributed by atoms with E-state index in [0.29, 0.717) is 11.5 Å². The Morgan fingerprint density at radius 1 is 1.42 bits per heavy atom. The van der Waals surface area contributed by atoms with Crippen molar-refractivity contribution in [2.24, 2.45) is 0 Å². The molecule has 1 saturated heterocycles. The average Bonchev–Trinajstić information content (AvgIpc) is 2.66. The smallest absolute Gasteiger partial charge is 0.356 e. The van der Waals surface area contributed by atoms with Crippen LogP contribution < -0.4 is 4.90 Å². The molecule has 0 aromatic carbocycles. The normalized spacial score (nSPS) is 16.5. The molecule has 0 bridgehead atoms. The van der Waals surface area contributed by atoms with Crippen LogP contribution in [-0.4, -0.2) is 45.6 Å². The highest BCUT2D eigenvalue weighted by Crippen LogP contribution is 2.23. The van der Waals surface area contributed by atoms with E-state index >= 15 is 0 Å². The lowest BCUT2D eigenvalue weighted by molar-refractivity contribution is 0.0690. The van der Waals surface area contributed by atoms with Crippen molar-refractivity contribution < 1.29 is 9.90 Å². The third-order valence-electron chi connectivity index (χ3n) is 3.07. The predicted molar refractivity (Wildman–Crippen MR) is 77.2 cm³/mol. The lowest BCUT2D eigenvalue weighted by Crippen LogP contribution is -2.28. The maximum atomic E-state index is 11.4. The molecule has 1 aromatic rings. The number of carboxylic acids is 1. The Balaban J connectivity index is 2.35. The van der Waals surface area contributed by atoms with E-state index in [-0.39, 0.29) is 11.6 Å². The SMILES string of the molecule is CC(C)c1ncc(N2CCCSCC2)c(C(=O)O)n1. The van der Waals surface area contributed by atoms with E-state index < -0.39 is 5.97 Å². The van der Waals surface area contributed by atoms with Gasteiger partial charge in [-0.05, 0) is 12.2 Å². The zero-order valence-corrected chi connectivity index (χ0v) is 12.1. The van der Waals surface area contributed by atoms with E-state index in [2.05, 4.69) is 14.9 Å². The van der Waals surface area contributed by atoms with Gasteiger partial charge >= 0.3 is 5.97 Å². The summed E-state index contributed by atoms with van der Waals surface area (Å²) in [5.74, 6) is 1.89. The highest BCUT2D eigenvalue weighted by atomic mass is 32.2. The maximum Gasteiger partial charge on any atom is 0.356 e. The van der Waals surface area contributed by atoms with Gasteiger partial charge in [-0.2, -0.15) is 11.8 Å². The molecular formula is C13H19N3O2S. The summed E-state index contributed by atoms with van der Waals surface area (Å²) in [6.45, 7) is 5.65. The van der Waals surface area contributed by atoms with Gasteiger partial charge in [0.25, 0.3) is 0 Å². The molecule has 0 radical (unpaired) electrons. The Hall–Kier alpha value is -1.30. The van der Waals surface area contributed by atoms with Crippen LogP contribution in [0.4, 0.5) is 5.69 Å². The van der Waals surface area contributed by atoms with Crippen LogP contribution in [0.15, 0.2) is 6.20 Å². The lowest BCUT2D eigenvalue weighted by Gasteiger charge is -2.23. The van der Waals surface area contributed by atoms with E-state index in [9.17, 15) is 9.90 Å². The van der Waals surface area contributed by atoms with Crippen LogP contribution >= 0.6 is 11.8 Å². The summed E-state index contributed by atoms with van der Waals surface area (Å²) in [5, 5.41) is 9.35. The molecule has 1 aliphatic heterocycles. The molecule has 2 heterocycles. The molecule has 1 aromatic heterocycles. The van der Waals surface area contributed by atoms with Gasteiger partial charge in [0, 0.05) is 24.8 Å². The molecule has 0 unspecified atom stereocenters. The molecule has 0 amide bonds. The summed E-state index contributed by atoms with van der Waals surface area (Å²) in [6, 6.07) is 0. The molecule has 19 heavy (non-hydrogen) atoms. The molecule has 2 rings (SSSR count). The Labute approximate surface area is 117 Å². The van der Waals surface area contributed by atoms with Crippen molar-refractivity contribution in [3.63, 3.8) is 0 Å². The van der Waals surface area contributed by atoms with Gasteiger partial charge in [-0.15, -0.1) is 0 Å². The standard InChI is InChI=1S/C13H19N3O2S/c1-9(2)12-14-8-10(11(15-12)13(17)18)16-4-3-6-19-7-5-16/h8-9H,3-7H2,1-2H3,(H,17,18). The second-order valence-corrected chi connectivity index (χ2v) is 6.10. The first-order valence-electron chi connectivity index (χ1n) is 6.52. The quantitative estimate of drug-likeness (QED) is 0.916. The molecule has 1 fully saturated rings. The van der Waals surface area contributed by atoms with Gasteiger partial charge in [0.05, 0.1) is 11.9 Å². The molecule has 5 nitrogen and oxygen atoms in total. The van der Waals surface area contributed by atoms with E-state index in [1.165, 1.54) is 0 Å². The lowest BCUT2D eigenvalue weighted by atomic mass is 10.2. The minimum atomic E-state index is -0.976. The summed E-state index contributed by atoms with van der Waals surface area (Å²) < 4.78 is 0. The Morgan fingerprint density at radius 3 is 2.89 bits per heavy atom. The fraction of sp³-hybridized carbons (Fsp3) is 0.615. The van der Waals surface area contributed by atoms with Crippen molar-refractivity contribution in [2.75, 3.05) is 29.5 Å². The van der Waals surface area contributed by atoms with Gasteiger partial charge in [-0.3, -0.25) is 0 Å². The van der Waals surface area contributed by atoms with Gasteiger partial charge in [0.15, 0.2) is 5.69 Å². The van der Waals surface area contributed by atoms with Crippen LogP contribution in [0, 0.1) is 0 Å². The number of hydrogen-bond donors (Lipinski definition) is 1. The van der Waals surface area contributed by atoms with E-state index in [4.69, 9.17) is 0 Å². The number of nitrogens with zero attached hydrogens (tertiary/aromatic N) is 3. The van der Waals surface area contributed by atoms with Crippen LogP contribution in [0.1, 0.15) is 42.5 Å². The number of thioether (sulfide) groups is 1. The van der Waals surface area contributed by atoms with Crippen molar-refractivity contribution in [1.82, 2.24) is 9.97 Å². The number of aromatic carboxylic acids is 1. The van der Waals surface area contributed by atoms with Crippen LogP contribution in [0.25, 0.3) is 0 Å². The zero-order chi connectivity index (χ0) is 13.8. The molecule has 1 aliphatic rings. The Kier molecular flexibility index (Phi) is 4.63. The topological polar surface area (TPSA) is 66.3 Å².